The van der Waals surface area contributed by atoms with E-state index in [1.807, 2.05) is 12.2 Å². The summed E-state index contributed by atoms with van der Waals surface area (Å²) in [6, 6.07) is 0. The van der Waals surface area contributed by atoms with Gasteiger partial charge in [0.1, 0.15) is 5.78 Å². The number of alkyl halides is 1. The molecule has 0 spiro atoms. The molecule has 2 unspecified atom stereocenters. The molecule has 2 N–H and O–H groups in total. The Hall–Kier alpha value is -0.950. The third kappa shape index (κ3) is 9.90. The highest BCUT2D eigenvalue weighted by molar-refractivity contribution is 6.17. The fourth-order valence-corrected chi connectivity index (χ4v) is 4.89. The zero-order chi connectivity index (χ0) is 23.4. The van der Waals surface area contributed by atoms with E-state index in [1.165, 1.54) is 0 Å². The highest BCUT2D eigenvalue weighted by atomic mass is 35.5. The molecule has 7 heteroatoms. The second-order valence-electron chi connectivity index (χ2n) is 9.53. The van der Waals surface area contributed by atoms with Gasteiger partial charge < -0.3 is 19.7 Å². The minimum absolute atomic E-state index is 0.0773. The molecule has 0 amide bonds. The normalized spacial score (nSPS) is 28.3. The summed E-state index contributed by atoms with van der Waals surface area (Å²) in [6.45, 7) is 2.49. The number of hydrogen-bond donors (Lipinski definition) is 2. The number of halogens is 1. The lowest BCUT2D eigenvalue weighted by Crippen LogP contribution is -2.31. The highest BCUT2D eigenvalue weighted by Crippen LogP contribution is 2.38. The Morgan fingerprint density at radius 3 is 2.69 bits per heavy atom. The number of aliphatic carboxylic acids is 1. The molecule has 32 heavy (non-hydrogen) atoms. The molecule has 1 aliphatic heterocycles. The van der Waals surface area contributed by atoms with Crippen LogP contribution in [0.1, 0.15) is 90.4 Å². The second kappa shape index (κ2) is 14.3. The molecule has 1 heterocycles. The number of ketones is 1. The van der Waals surface area contributed by atoms with E-state index in [4.69, 9.17) is 26.2 Å². The summed E-state index contributed by atoms with van der Waals surface area (Å²) in [5.74, 6) is -0.163. The minimum Gasteiger partial charge on any atom is -0.481 e. The van der Waals surface area contributed by atoms with E-state index in [1.54, 1.807) is 6.92 Å². The van der Waals surface area contributed by atoms with Crippen LogP contribution < -0.4 is 0 Å². The van der Waals surface area contributed by atoms with Gasteiger partial charge in [-0.3, -0.25) is 9.59 Å². The molecule has 1 saturated carbocycles. The average Bonchev–Trinajstić information content (AvgIpc) is 3.03. The van der Waals surface area contributed by atoms with Crippen molar-refractivity contribution < 1.29 is 29.3 Å². The smallest absolute Gasteiger partial charge is 0.303 e. The fraction of sp³-hybridized carbons (Fsp3) is 0.840. The van der Waals surface area contributed by atoms with Gasteiger partial charge in [-0.15, -0.1) is 11.6 Å². The van der Waals surface area contributed by atoms with Gasteiger partial charge in [-0.1, -0.05) is 31.4 Å². The molecule has 0 aromatic carbocycles. The Morgan fingerprint density at radius 2 is 2.00 bits per heavy atom. The van der Waals surface area contributed by atoms with Crippen LogP contribution in [0.3, 0.4) is 0 Å². The Balaban J connectivity index is 1.98. The van der Waals surface area contributed by atoms with Crippen LogP contribution >= 0.6 is 11.6 Å². The van der Waals surface area contributed by atoms with Gasteiger partial charge in [-0.25, -0.2) is 0 Å². The number of carbonyl (C=O) groups excluding carboxylic acids is 1. The number of aliphatic hydroxyl groups is 1. The number of rotatable bonds is 15. The van der Waals surface area contributed by atoms with Gasteiger partial charge in [0.2, 0.25) is 0 Å². The third-order valence-corrected chi connectivity index (χ3v) is 6.84. The van der Waals surface area contributed by atoms with Crippen LogP contribution in [0.5, 0.6) is 0 Å². The number of hydrogen-bond acceptors (Lipinski definition) is 5. The van der Waals surface area contributed by atoms with E-state index in [0.29, 0.717) is 31.7 Å². The summed E-state index contributed by atoms with van der Waals surface area (Å²) in [7, 11) is 0. The van der Waals surface area contributed by atoms with Crippen molar-refractivity contribution in [1.29, 1.82) is 0 Å². The molecular formula is C25H41ClO6. The van der Waals surface area contributed by atoms with Gasteiger partial charge in [0.05, 0.1) is 11.7 Å². The zero-order valence-electron chi connectivity index (χ0n) is 19.5. The maximum absolute atomic E-state index is 12.9. The molecule has 184 valence electrons. The molecule has 5 atom stereocenters. The van der Waals surface area contributed by atoms with Gasteiger partial charge in [0.15, 0.2) is 6.29 Å². The van der Waals surface area contributed by atoms with Crippen LogP contribution in [0, 0.1) is 11.8 Å². The van der Waals surface area contributed by atoms with Crippen LogP contribution in [0.25, 0.3) is 0 Å². The van der Waals surface area contributed by atoms with E-state index in [2.05, 4.69) is 0 Å². The first-order valence-electron chi connectivity index (χ1n) is 12.3. The van der Waals surface area contributed by atoms with E-state index in [9.17, 15) is 14.7 Å². The maximum atomic E-state index is 12.9. The van der Waals surface area contributed by atoms with Crippen LogP contribution in [-0.4, -0.2) is 52.4 Å². The number of carboxylic acid groups (broad SMARTS) is 1. The van der Waals surface area contributed by atoms with Gasteiger partial charge in [0.25, 0.3) is 0 Å². The Morgan fingerprint density at radius 1 is 1.22 bits per heavy atom. The lowest BCUT2D eigenvalue weighted by Gasteiger charge is -2.29. The van der Waals surface area contributed by atoms with E-state index in [-0.39, 0.29) is 36.4 Å². The standard InChI is InChI=1S/C25H41ClO6/c1-25(30,14-7-8-16-26)15-13-20-19(10-4-2-3-5-11-23(28)29)21(27)18-22(20)32-24-12-6-9-17-31-24/h13,15,19-20,22,24,30H,2-12,14,16-18H2,1H3,(H,28,29)/t19-,20-,22-,24?,25?/m1/s1. The quantitative estimate of drug-likeness (QED) is 0.192. The molecular weight excluding hydrogens is 432 g/mol. The van der Waals surface area contributed by atoms with E-state index >= 15 is 0 Å². The first kappa shape index (κ1) is 27.3. The number of Topliss-reactive ketones (excluding diaryl/α,β-unsaturated/α-hetero) is 1. The van der Waals surface area contributed by atoms with Crippen molar-refractivity contribution in [1.82, 2.24) is 0 Å². The fourth-order valence-electron chi connectivity index (χ4n) is 4.70. The predicted octanol–water partition coefficient (Wildman–Crippen LogP) is 5.24. The van der Waals surface area contributed by atoms with Crippen LogP contribution in [0.2, 0.25) is 0 Å². The van der Waals surface area contributed by atoms with Crippen LogP contribution in [-0.2, 0) is 19.1 Å². The van der Waals surface area contributed by atoms with Gasteiger partial charge >= 0.3 is 5.97 Å². The molecule has 2 aliphatic rings. The predicted molar refractivity (Wildman–Crippen MR) is 125 cm³/mol. The van der Waals surface area contributed by atoms with Crippen LogP contribution in [0.4, 0.5) is 0 Å². The topological polar surface area (TPSA) is 93.1 Å². The molecule has 0 bridgehead atoms. The van der Waals surface area contributed by atoms with Gasteiger partial charge in [-0.2, -0.15) is 0 Å². The molecule has 6 nitrogen and oxygen atoms in total. The first-order chi connectivity index (χ1) is 15.3. The summed E-state index contributed by atoms with van der Waals surface area (Å²) in [6.07, 6.45) is 13.3. The van der Waals surface area contributed by atoms with Crippen molar-refractivity contribution in [3.63, 3.8) is 0 Å². The van der Waals surface area contributed by atoms with Gasteiger partial charge in [-0.05, 0) is 58.3 Å². The lowest BCUT2D eigenvalue weighted by atomic mass is 9.87. The Bertz CT molecular complexity index is 599. The molecule has 2 fully saturated rings. The Labute approximate surface area is 197 Å². The summed E-state index contributed by atoms with van der Waals surface area (Å²) in [4.78, 5) is 23.5. The summed E-state index contributed by atoms with van der Waals surface area (Å²) >= 11 is 5.76. The van der Waals surface area contributed by atoms with Crippen molar-refractivity contribution in [2.45, 2.75) is 108 Å². The van der Waals surface area contributed by atoms with Crippen molar-refractivity contribution in [3.05, 3.63) is 12.2 Å². The Kier molecular flexibility index (Phi) is 12.2. The summed E-state index contributed by atoms with van der Waals surface area (Å²) < 4.78 is 12.0. The number of carboxylic acids is 1. The van der Waals surface area contributed by atoms with Gasteiger partial charge in [0, 0.05) is 37.2 Å². The minimum atomic E-state index is -0.940. The van der Waals surface area contributed by atoms with Crippen molar-refractivity contribution in [2.75, 3.05) is 12.5 Å². The average molecular weight is 473 g/mol. The molecule has 1 saturated heterocycles. The molecule has 0 aromatic rings. The molecule has 0 aromatic heterocycles. The highest BCUT2D eigenvalue weighted by Gasteiger charge is 2.42. The zero-order valence-corrected chi connectivity index (χ0v) is 20.2. The molecule has 1 aliphatic carbocycles. The molecule has 2 rings (SSSR count). The van der Waals surface area contributed by atoms with Crippen LogP contribution in [0.15, 0.2) is 12.2 Å². The number of unbranched alkanes of at least 4 members (excludes halogenated alkanes) is 4. The number of carbonyl (C=O) groups is 2. The monoisotopic (exact) mass is 472 g/mol. The SMILES string of the molecule is CC(O)(C=C[C@H]1[C@H](OC2CCCCO2)CC(=O)[C@@H]1CCCCCCC(=O)O)CCCCCl. The largest absolute Gasteiger partial charge is 0.481 e. The summed E-state index contributed by atoms with van der Waals surface area (Å²) in [5.41, 5.74) is -0.940. The maximum Gasteiger partial charge on any atom is 0.303 e. The van der Waals surface area contributed by atoms with Crippen molar-refractivity contribution in [3.8, 4) is 0 Å². The van der Waals surface area contributed by atoms with E-state index < -0.39 is 11.6 Å². The van der Waals surface area contributed by atoms with Crippen molar-refractivity contribution in [2.24, 2.45) is 11.8 Å². The van der Waals surface area contributed by atoms with Crippen molar-refractivity contribution >= 4 is 23.4 Å². The van der Waals surface area contributed by atoms with E-state index in [0.717, 1.165) is 57.8 Å². The first-order valence-corrected chi connectivity index (χ1v) is 12.8. The number of ether oxygens (including phenoxy) is 2. The molecule has 0 radical (unpaired) electrons. The third-order valence-electron chi connectivity index (χ3n) is 6.57. The summed E-state index contributed by atoms with van der Waals surface area (Å²) in [5, 5.41) is 19.5. The second-order valence-corrected chi connectivity index (χ2v) is 9.91. The lowest BCUT2D eigenvalue weighted by molar-refractivity contribution is -0.192.